The van der Waals surface area contributed by atoms with E-state index < -0.39 is 17.5 Å². The minimum Gasteiger partial charge on any atom is -0.396 e. The smallest absolute Gasteiger partial charge is 0.246 e. The van der Waals surface area contributed by atoms with E-state index >= 15 is 0 Å². The number of nitrogens with one attached hydrogen (secondary N) is 1. The van der Waals surface area contributed by atoms with Gasteiger partial charge in [-0.05, 0) is 54.0 Å². The first kappa shape index (κ1) is 35.6. The first-order valence-corrected chi connectivity index (χ1v) is 16.5. The number of carbonyl (C=O) groups is 3. The molecule has 3 amide bonds. The van der Waals surface area contributed by atoms with Gasteiger partial charge in [0, 0.05) is 51.0 Å². The number of carbonyl (C=O) groups excluding carboxylic acids is 3. The molecule has 4 rings (SSSR count). The van der Waals surface area contributed by atoms with E-state index in [-0.39, 0.29) is 42.8 Å². The second-order valence-corrected chi connectivity index (χ2v) is 13.7. The molecule has 3 aromatic rings. The fourth-order valence-electron chi connectivity index (χ4n) is 5.71. The molecule has 3 aromatic carbocycles. The summed E-state index contributed by atoms with van der Waals surface area (Å²) in [4.78, 5) is 44.6. The Kier molecular flexibility index (Phi) is 12.1. The van der Waals surface area contributed by atoms with Crippen LogP contribution in [0.3, 0.4) is 0 Å². The van der Waals surface area contributed by atoms with Crippen molar-refractivity contribution in [3.8, 4) is 11.1 Å². The van der Waals surface area contributed by atoms with Crippen LogP contribution in [0.2, 0.25) is 0 Å². The third-order valence-electron chi connectivity index (χ3n) is 9.28. The van der Waals surface area contributed by atoms with Crippen molar-refractivity contribution in [2.45, 2.75) is 70.0 Å². The number of amides is 3. The van der Waals surface area contributed by atoms with Crippen LogP contribution in [0, 0.1) is 5.41 Å². The number of likely N-dealkylation sites (N-methyl/N-ethyl adjacent to an activating group) is 2. The molecule has 0 bridgehead atoms. The Bertz CT molecular complexity index is 1500. The van der Waals surface area contributed by atoms with Crippen molar-refractivity contribution < 1.29 is 19.5 Å². The van der Waals surface area contributed by atoms with Gasteiger partial charge in [-0.15, -0.1) is 0 Å². The van der Waals surface area contributed by atoms with Crippen molar-refractivity contribution in [3.05, 3.63) is 108 Å². The molecule has 1 saturated carbocycles. The largest absolute Gasteiger partial charge is 0.396 e. The average molecular weight is 639 g/mol. The van der Waals surface area contributed by atoms with Crippen LogP contribution < -0.4 is 11.1 Å². The van der Waals surface area contributed by atoms with E-state index in [0.29, 0.717) is 12.8 Å². The predicted molar refractivity (Wildman–Crippen MR) is 187 cm³/mol. The van der Waals surface area contributed by atoms with Crippen molar-refractivity contribution in [1.29, 1.82) is 0 Å². The molecule has 1 fully saturated rings. The Balaban J connectivity index is 1.60. The minimum absolute atomic E-state index is 0.0950. The van der Waals surface area contributed by atoms with Gasteiger partial charge in [-0.25, -0.2) is 0 Å². The van der Waals surface area contributed by atoms with E-state index in [2.05, 4.69) is 5.32 Å². The Labute approximate surface area is 279 Å². The summed E-state index contributed by atoms with van der Waals surface area (Å²) in [6.45, 7) is 3.87. The molecule has 1 aliphatic carbocycles. The molecule has 4 N–H and O–H groups in total. The second-order valence-electron chi connectivity index (χ2n) is 13.7. The quantitative estimate of drug-likeness (QED) is 0.208. The number of hydrogen-bond acceptors (Lipinski definition) is 5. The minimum atomic E-state index is -0.866. The zero-order valence-corrected chi connectivity index (χ0v) is 28.2. The van der Waals surface area contributed by atoms with E-state index in [1.54, 1.807) is 14.1 Å². The Morgan fingerprint density at radius 2 is 1.40 bits per heavy atom. The second kappa shape index (κ2) is 16.0. The van der Waals surface area contributed by atoms with E-state index in [1.807, 2.05) is 105 Å². The van der Waals surface area contributed by atoms with Crippen LogP contribution in [-0.4, -0.2) is 77.5 Å². The van der Waals surface area contributed by atoms with Gasteiger partial charge in [0.25, 0.3) is 0 Å². The summed E-state index contributed by atoms with van der Waals surface area (Å²) in [5.41, 5.74) is 9.53. The number of rotatable bonds is 15. The number of hydrogen-bond donors (Lipinski definition) is 3. The van der Waals surface area contributed by atoms with Crippen molar-refractivity contribution in [1.82, 2.24) is 15.1 Å². The highest BCUT2D eigenvalue weighted by molar-refractivity contribution is 5.95. The van der Waals surface area contributed by atoms with Crippen LogP contribution in [0.25, 0.3) is 11.1 Å². The molecule has 8 heteroatoms. The lowest BCUT2D eigenvalue weighted by molar-refractivity contribution is -0.146. The van der Waals surface area contributed by atoms with Crippen molar-refractivity contribution in [3.63, 3.8) is 0 Å². The van der Waals surface area contributed by atoms with Crippen LogP contribution in [0.5, 0.6) is 0 Å². The van der Waals surface area contributed by atoms with Gasteiger partial charge in [-0.3, -0.25) is 14.4 Å². The number of nitrogens with two attached hydrogens (primary N) is 1. The lowest BCUT2D eigenvalue weighted by Gasteiger charge is -2.37. The maximum atomic E-state index is 14.4. The normalized spacial score (nSPS) is 15.4. The van der Waals surface area contributed by atoms with Crippen LogP contribution >= 0.6 is 0 Å². The summed E-state index contributed by atoms with van der Waals surface area (Å²) in [6, 6.07) is 25.9. The molecule has 0 aromatic heterocycles. The predicted octanol–water partition coefficient (Wildman–Crippen LogP) is 4.76. The third-order valence-corrected chi connectivity index (χ3v) is 9.28. The molecule has 1 aliphatic rings. The van der Waals surface area contributed by atoms with Gasteiger partial charge in [0.15, 0.2) is 0 Å². The molecular weight excluding hydrogens is 588 g/mol. The van der Waals surface area contributed by atoms with Crippen LogP contribution in [-0.2, 0) is 27.2 Å². The maximum absolute atomic E-state index is 14.4. The maximum Gasteiger partial charge on any atom is 0.246 e. The standard InChI is InChI=1S/C39H50N4O4/c1-38(2,28-44)27-41-36(46)33(25-29-13-7-5-8-14-29)43(4)37(47)34(42(3)35(45)17-11-22-39(40)23-12-24-39)26-30-18-20-32(21-19-30)31-15-9-6-10-16-31/h5-11,13-21,33-34,44H,12,22-28,40H2,1-4H3,(H,41,46)/b17-11+/t33-,34-/m1/s1. The fraction of sp³-hybridized carbons (Fsp3) is 0.410. The molecule has 0 radical (unpaired) electrons. The number of nitrogens with zero attached hydrogens (tertiary/aromatic N) is 2. The molecule has 47 heavy (non-hydrogen) atoms. The lowest BCUT2D eigenvalue weighted by Crippen LogP contribution is -2.56. The Morgan fingerprint density at radius 1 is 0.851 bits per heavy atom. The lowest BCUT2D eigenvalue weighted by atomic mass is 9.75. The summed E-state index contributed by atoms with van der Waals surface area (Å²) >= 11 is 0. The molecule has 250 valence electrons. The highest BCUT2D eigenvalue weighted by Gasteiger charge is 2.36. The van der Waals surface area contributed by atoms with Gasteiger partial charge < -0.3 is 26.0 Å². The van der Waals surface area contributed by atoms with Gasteiger partial charge in [-0.2, -0.15) is 0 Å². The molecule has 2 atom stereocenters. The molecule has 0 saturated heterocycles. The highest BCUT2D eigenvalue weighted by atomic mass is 16.3. The molecule has 0 aliphatic heterocycles. The monoisotopic (exact) mass is 638 g/mol. The first-order valence-electron chi connectivity index (χ1n) is 16.5. The Hall–Kier alpha value is -4.27. The van der Waals surface area contributed by atoms with Gasteiger partial charge in [0.2, 0.25) is 17.7 Å². The average Bonchev–Trinajstić information content (AvgIpc) is 3.08. The van der Waals surface area contributed by atoms with Gasteiger partial charge in [-0.1, -0.05) is 105 Å². The zero-order valence-electron chi connectivity index (χ0n) is 28.2. The van der Waals surface area contributed by atoms with Crippen LogP contribution in [0.15, 0.2) is 97.1 Å². The van der Waals surface area contributed by atoms with Crippen LogP contribution in [0.4, 0.5) is 0 Å². The van der Waals surface area contributed by atoms with Crippen molar-refractivity contribution >= 4 is 17.7 Å². The van der Waals surface area contributed by atoms with Crippen LogP contribution in [0.1, 0.15) is 50.7 Å². The van der Waals surface area contributed by atoms with Gasteiger partial charge in [0.1, 0.15) is 12.1 Å². The van der Waals surface area contributed by atoms with Crippen molar-refractivity contribution in [2.75, 3.05) is 27.2 Å². The summed E-state index contributed by atoms with van der Waals surface area (Å²) < 4.78 is 0. The van der Waals surface area contributed by atoms with E-state index in [4.69, 9.17) is 5.73 Å². The molecule has 0 heterocycles. The molecule has 8 nitrogen and oxygen atoms in total. The van der Waals surface area contributed by atoms with E-state index in [0.717, 1.165) is 41.5 Å². The number of aliphatic hydroxyl groups is 1. The highest BCUT2D eigenvalue weighted by Crippen LogP contribution is 2.32. The topological polar surface area (TPSA) is 116 Å². The summed E-state index contributed by atoms with van der Waals surface area (Å²) in [5.74, 6) is -0.956. The first-order chi connectivity index (χ1) is 22.4. The van der Waals surface area contributed by atoms with Crippen molar-refractivity contribution in [2.24, 2.45) is 11.1 Å². The summed E-state index contributed by atoms with van der Waals surface area (Å²) in [7, 11) is 3.26. The number of aliphatic hydroxyl groups excluding tert-OH is 1. The Morgan fingerprint density at radius 3 is 1.98 bits per heavy atom. The molecular formula is C39H50N4O4. The fourth-order valence-corrected chi connectivity index (χ4v) is 5.71. The van der Waals surface area contributed by atoms with E-state index in [1.165, 1.54) is 15.9 Å². The SMILES string of the molecule is CN(C(=O)/C=C/CC1(N)CCC1)[C@H](Cc1ccc(-c2ccccc2)cc1)C(=O)N(C)[C@H](Cc1ccccc1)C(=O)NCC(C)(C)CO. The summed E-state index contributed by atoms with van der Waals surface area (Å²) in [5, 5.41) is 12.7. The third kappa shape index (κ3) is 9.86. The molecule has 0 spiro atoms. The zero-order chi connectivity index (χ0) is 34.0. The molecule has 0 unspecified atom stereocenters. The number of benzene rings is 3. The summed E-state index contributed by atoms with van der Waals surface area (Å²) in [6.07, 6.45) is 7.47. The van der Waals surface area contributed by atoms with Gasteiger partial charge in [0.05, 0.1) is 0 Å². The van der Waals surface area contributed by atoms with Gasteiger partial charge >= 0.3 is 0 Å². The van der Waals surface area contributed by atoms with E-state index in [9.17, 15) is 19.5 Å².